The van der Waals surface area contributed by atoms with Crippen molar-refractivity contribution in [3.05, 3.63) is 32.2 Å². The molecule has 1 heterocycles. The van der Waals surface area contributed by atoms with Crippen LogP contribution in [-0.4, -0.2) is 6.29 Å². The average Bonchev–Trinajstić information content (AvgIpc) is 2.63. The number of rotatable bonds is 1. The van der Waals surface area contributed by atoms with Gasteiger partial charge in [-0.25, -0.2) is 0 Å². The van der Waals surface area contributed by atoms with Crippen LogP contribution in [0.1, 0.15) is 15.2 Å². The highest BCUT2D eigenvalue weighted by atomic mass is 127. The van der Waals surface area contributed by atoms with Crippen molar-refractivity contribution in [2.45, 2.75) is 0 Å². The maximum atomic E-state index is 10.6. The van der Waals surface area contributed by atoms with Gasteiger partial charge in [0.2, 0.25) is 0 Å². The second-order valence-electron chi connectivity index (χ2n) is 2.72. The van der Waals surface area contributed by atoms with Crippen molar-refractivity contribution in [1.82, 2.24) is 0 Å². The topological polar surface area (TPSA) is 40.9 Å². The van der Waals surface area contributed by atoms with Gasteiger partial charge < -0.3 is 0 Å². The number of thiophene rings is 1. The molecular formula is C10H4INOS. The molecule has 1 aromatic heterocycles. The van der Waals surface area contributed by atoms with E-state index < -0.39 is 0 Å². The lowest BCUT2D eigenvalue weighted by atomic mass is 10.1. The highest BCUT2D eigenvalue weighted by molar-refractivity contribution is 14.1. The standard InChI is InChI=1S/C10H4INOS/c11-9-2-1-6(4-12)8-3-7(5-13)14-10(8)9/h1-3,5H. The summed E-state index contributed by atoms with van der Waals surface area (Å²) in [4.78, 5) is 11.3. The van der Waals surface area contributed by atoms with E-state index in [-0.39, 0.29) is 0 Å². The third-order valence-electron chi connectivity index (χ3n) is 1.89. The first-order valence-electron chi connectivity index (χ1n) is 3.83. The van der Waals surface area contributed by atoms with Gasteiger partial charge in [0.25, 0.3) is 0 Å². The van der Waals surface area contributed by atoms with Crippen molar-refractivity contribution in [1.29, 1.82) is 5.26 Å². The van der Waals surface area contributed by atoms with Crippen molar-refractivity contribution >= 4 is 50.3 Å². The van der Waals surface area contributed by atoms with E-state index in [1.807, 2.05) is 6.07 Å². The normalized spacial score (nSPS) is 10.0. The minimum absolute atomic E-state index is 0.629. The van der Waals surface area contributed by atoms with Crippen LogP contribution in [0.4, 0.5) is 0 Å². The largest absolute Gasteiger partial charge is 0.297 e. The van der Waals surface area contributed by atoms with E-state index in [1.54, 1.807) is 12.1 Å². The summed E-state index contributed by atoms with van der Waals surface area (Å²) in [5.41, 5.74) is 0.629. The number of halogens is 1. The molecule has 0 atom stereocenters. The van der Waals surface area contributed by atoms with Gasteiger partial charge >= 0.3 is 0 Å². The van der Waals surface area contributed by atoms with Crippen LogP contribution in [0.3, 0.4) is 0 Å². The molecule has 68 valence electrons. The summed E-state index contributed by atoms with van der Waals surface area (Å²) in [5, 5.41) is 9.75. The predicted octanol–water partition coefficient (Wildman–Crippen LogP) is 3.19. The zero-order valence-corrected chi connectivity index (χ0v) is 9.93. The molecule has 2 aromatic rings. The number of benzene rings is 1. The number of nitrogens with zero attached hydrogens (tertiary/aromatic N) is 1. The Kier molecular flexibility index (Phi) is 2.52. The Bertz CT molecular complexity index is 553. The van der Waals surface area contributed by atoms with Crippen LogP contribution >= 0.6 is 33.9 Å². The summed E-state index contributed by atoms with van der Waals surface area (Å²) in [6, 6.07) is 7.57. The quantitative estimate of drug-likeness (QED) is 0.599. The first kappa shape index (κ1) is 9.62. The van der Waals surface area contributed by atoms with Crippen molar-refractivity contribution in [3.63, 3.8) is 0 Å². The molecule has 0 spiro atoms. The second-order valence-corrected chi connectivity index (χ2v) is 4.96. The van der Waals surface area contributed by atoms with Gasteiger partial charge in [-0.15, -0.1) is 11.3 Å². The Morgan fingerprint density at radius 3 is 2.93 bits per heavy atom. The molecule has 0 saturated carbocycles. The van der Waals surface area contributed by atoms with Crippen LogP contribution in [0.25, 0.3) is 10.1 Å². The van der Waals surface area contributed by atoms with Crippen molar-refractivity contribution in [2.75, 3.05) is 0 Å². The van der Waals surface area contributed by atoms with Crippen molar-refractivity contribution in [3.8, 4) is 6.07 Å². The fourth-order valence-electron chi connectivity index (χ4n) is 1.27. The summed E-state index contributed by atoms with van der Waals surface area (Å²) in [7, 11) is 0. The molecule has 0 amide bonds. The monoisotopic (exact) mass is 313 g/mol. The molecule has 0 unspecified atom stereocenters. The predicted molar refractivity (Wildman–Crippen MR) is 64.6 cm³/mol. The Hall–Kier alpha value is -0.930. The zero-order chi connectivity index (χ0) is 10.1. The number of fused-ring (bicyclic) bond motifs is 1. The molecule has 0 N–H and O–H groups in total. The van der Waals surface area contributed by atoms with Crippen LogP contribution in [0, 0.1) is 14.9 Å². The molecule has 0 saturated heterocycles. The summed E-state index contributed by atoms with van der Waals surface area (Å²) in [6.45, 7) is 0. The molecular weight excluding hydrogens is 309 g/mol. The lowest BCUT2D eigenvalue weighted by Crippen LogP contribution is -1.77. The van der Waals surface area contributed by atoms with Crippen molar-refractivity contribution in [2.24, 2.45) is 0 Å². The fourth-order valence-corrected chi connectivity index (χ4v) is 2.97. The van der Waals surface area contributed by atoms with E-state index >= 15 is 0 Å². The van der Waals surface area contributed by atoms with E-state index in [4.69, 9.17) is 5.26 Å². The van der Waals surface area contributed by atoms with Gasteiger partial charge in [0.15, 0.2) is 6.29 Å². The zero-order valence-electron chi connectivity index (χ0n) is 6.95. The molecule has 0 bridgehead atoms. The molecule has 2 nitrogen and oxygen atoms in total. The SMILES string of the molecule is N#Cc1ccc(I)c2sc(C=O)cc12. The highest BCUT2D eigenvalue weighted by Crippen LogP contribution is 2.31. The maximum Gasteiger partial charge on any atom is 0.160 e. The number of hydrogen-bond acceptors (Lipinski definition) is 3. The number of aldehydes is 1. The molecule has 0 fully saturated rings. The second kappa shape index (κ2) is 3.67. The van der Waals surface area contributed by atoms with Gasteiger partial charge in [-0.1, -0.05) is 0 Å². The number of hydrogen-bond donors (Lipinski definition) is 0. The summed E-state index contributed by atoms with van der Waals surface area (Å²) < 4.78 is 2.10. The van der Waals surface area contributed by atoms with Gasteiger partial charge in [-0.3, -0.25) is 4.79 Å². The maximum absolute atomic E-state index is 10.6. The third kappa shape index (κ3) is 1.42. The molecule has 2 rings (SSSR count). The lowest BCUT2D eigenvalue weighted by Gasteiger charge is -1.94. The number of nitriles is 1. The van der Waals surface area contributed by atoms with Gasteiger partial charge in [0.1, 0.15) is 0 Å². The van der Waals surface area contributed by atoms with E-state index in [0.717, 1.165) is 19.9 Å². The van der Waals surface area contributed by atoms with Crippen LogP contribution in [0.2, 0.25) is 0 Å². The van der Waals surface area contributed by atoms with Gasteiger partial charge in [0.05, 0.1) is 16.5 Å². The minimum Gasteiger partial charge on any atom is -0.297 e. The highest BCUT2D eigenvalue weighted by Gasteiger charge is 2.08. The molecule has 0 aliphatic heterocycles. The molecule has 0 aliphatic rings. The number of carbonyl (C=O) groups excluding carboxylic acids is 1. The lowest BCUT2D eigenvalue weighted by molar-refractivity contribution is 0.112. The smallest absolute Gasteiger partial charge is 0.160 e. The molecule has 0 radical (unpaired) electrons. The Morgan fingerprint density at radius 2 is 2.29 bits per heavy atom. The molecule has 1 aromatic carbocycles. The van der Waals surface area contributed by atoms with Crippen LogP contribution < -0.4 is 0 Å². The number of carbonyl (C=O) groups is 1. The van der Waals surface area contributed by atoms with Crippen LogP contribution in [0.5, 0.6) is 0 Å². The average molecular weight is 313 g/mol. The van der Waals surface area contributed by atoms with Gasteiger partial charge in [-0.05, 0) is 40.8 Å². The summed E-state index contributed by atoms with van der Waals surface area (Å²) >= 11 is 3.63. The fraction of sp³-hybridized carbons (Fsp3) is 0. The molecule has 4 heteroatoms. The molecule has 14 heavy (non-hydrogen) atoms. The Balaban J connectivity index is 2.89. The van der Waals surface area contributed by atoms with E-state index in [0.29, 0.717) is 10.4 Å². The van der Waals surface area contributed by atoms with Gasteiger partial charge in [0, 0.05) is 13.7 Å². The van der Waals surface area contributed by atoms with E-state index in [9.17, 15) is 4.79 Å². The van der Waals surface area contributed by atoms with Crippen molar-refractivity contribution < 1.29 is 4.79 Å². The van der Waals surface area contributed by atoms with Gasteiger partial charge in [-0.2, -0.15) is 5.26 Å². The third-order valence-corrected chi connectivity index (χ3v) is 4.25. The Morgan fingerprint density at radius 1 is 1.50 bits per heavy atom. The van der Waals surface area contributed by atoms with E-state index in [2.05, 4.69) is 28.7 Å². The first-order chi connectivity index (χ1) is 6.76. The van der Waals surface area contributed by atoms with Crippen LogP contribution in [-0.2, 0) is 0 Å². The Labute approximate surface area is 98.3 Å². The summed E-state index contributed by atoms with van der Waals surface area (Å²) in [6.07, 6.45) is 0.821. The van der Waals surface area contributed by atoms with Crippen LogP contribution in [0.15, 0.2) is 18.2 Å². The summed E-state index contributed by atoms with van der Waals surface area (Å²) in [5.74, 6) is 0. The van der Waals surface area contributed by atoms with E-state index in [1.165, 1.54) is 11.3 Å². The molecule has 0 aliphatic carbocycles. The minimum atomic E-state index is 0.629. The first-order valence-corrected chi connectivity index (χ1v) is 5.73.